The van der Waals surface area contributed by atoms with Crippen molar-refractivity contribution in [2.45, 2.75) is 4.90 Å². The molecule has 19 heavy (non-hydrogen) atoms. The number of sulfone groups is 1. The molecule has 7 heteroatoms. The normalized spacial score (nSPS) is 10.7. The van der Waals surface area contributed by atoms with E-state index in [0.29, 0.717) is 5.75 Å². The van der Waals surface area contributed by atoms with Gasteiger partial charge in [0.05, 0.1) is 11.1 Å². The standard InChI is InChI=1S/C12H9N3O3S/c1-19(16,17)11-4-2-10(3-5-11)18-12-9(8-13)6-7-14-15-12/h2-7H,1H3. The van der Waals surface area contributed by atoms with Crippen molar-refractivity contribution in [3.8, 4) is 17.7 Å². The molecule has 2 rings (SSSR count). The van der Waals surface area contributed by atoms with Crippen LogP contribution in [-0.4, -0.2) is 24.9 Å². The van der Waals surface area contributed by atoms with Gasteiger partial charge in [-0.3, -0.25) is 0 Å². The Bertz CT molecular complexity index is 734. The van der Waals surface area contributed by atoms with Crippen LogP contribution in [0.1, 0.15) is 5.56 Å². The SMILES string of the molecule is CS(=O)(=O)c1ccc(Oc2nnccc2C#N)cc1. The molecule has 0 aliphatic rings. The van der Waals surface area contributed by atoms with Gasteiger partial charge in [0, 0.05) is 6.26 Å². The lowest BCUT2D eigenvalue weighted by molar-refractivity contribution is 0.453. The third-order valence-corrected chi connectivity index (χ3v) is 3.40. The summed E-state index contributed by atoms with van der Waals surface area (Å²) >= 11 is 0. The molecule has 1 aromatic carbocycles. The molecule has 0 unspecified atom stereocenters. The first-order valence-corrected chi connectivity index (χ1v) is 7.09. The second-order valence-electron chi connectivity index (χ2n) is 3.71. The Morgan fingerprint density at radius 3 is 2.47 bits per heavy atom. The molecular formula is C12H9N3O3S. The minimum atomic E-state index is -3.24. The van der Waals surface area contributed by atoms with Gasteiger partial charge in [0.25, 0.3) is 5.88 Å². The van der Waals surface area contributed by atoms with E-state index in [0.717, 1.165) is 6.26 Å². The van der Waals surface area contributed by atoms with Crippen LogP contribution in [0.25, 0.3) is 0 Å². The Balaban J connectivity index is 2.28. The molecule has 0 N–H and O–H groups in total. The number of benzene rings is 1. The van der Waals surface area contributed by atoms with E-state index >= 15 is 0 Å². The maximum Gasteiger partial charge on any atom is 0.256 e. The van der Waals surface area contributed by atoms with Crippen molar-refractivity contribution in [2.24, 2.45) is 0 Å². The molecule has 0 atom stereocenters. The lowest BCUT2D eigenvalue weighted by Crippen LogP contribution is -1.97. The number of nitriles is 1. The first-order valence-electron chi connectivity index (χ1n) is 5.20. The summed E-state index contributed by atoms with van der Waals surface area (Å²) in [7, 11) is -3.24. The predicted molar refractivity (Wildman–Crippen MR) is 66.4 cm³/mol. The Morgan fingerprint density at radius 2 is 1.89 bits per heavy atom. The summed E-state index contributed by atoms with van der Waals surface area (Å²) in [6.07, 6.45) is 2.51. The van der Waals surface area contributed by atoms with Crippen LogP contribution in [0, 0.1) is 11.3 Å². The summed E-state index contributed by atoms with van der Waals surface area (Å²) in [6, 6.07) is 9.24. The molecule has 0 aliphatic heterocycles. The largest absolute Gasteiger partial charge is 0.437 e. The van der Waals surface area contributed by atoms with Crippen LogP contribution in [0.5, 0.6) is 11.6 Å². The van der Waals surface area contributed by atoms with Crippen LogP contribution in [-0.2, 0) is 9.84 Å². The van der Waals surface area contributed by atoms with E-state index in [1.807, 2.05) is 6.07 Å². The van der Waals surface area contributed by atoms with Gasteiger partial charge in [-0.2, -0.15) is 10.4 Å². The lowest BCUT2D eigenvalue weighted by Gasteiger charge is -2.05. The molecule has 96 valence electrons. The zero-order valence-corrected chi connectivity index (χ0v) is 10.8. The maximum atomic E-state index is 11.3. The third-order valence-electron chi connectivity index (χ3n) is 2.27. The van der Waals surface area contributed by atoms with E-state index in [4.69, 9.17) is 10.00 Å². The van der Waals surface area contributed by atoms with E-state index in [2.05, 4.69) is 10.2 Å². The fraction of sp³-hybridized carbons (Fsp3) is 0.0833. The van der Waals surface area contributed by atoms with Crippen LogP contribution in [0.4, 0.5) is 0 Å². The summed E-state index contributed by atoms with van der Waals surface area (Å²) in [5.74, 6) is 0.460. The minimum absolute atomic E-state index is 0.0807. The molecule has 6 nitrogen and oxygen atoms in total. The molecule has 1 heterocycles. The first-order chi connectivity index (χ1) is 9.00. The Morgan fingerprint density at radius 1 is 1.21 bits per heavy atom. The van der Waals surface area contributed by atoms with Gasteiger partial charge in [-0.15, -0.1) is 5.10 Å². The average Bonchev–Trinajstić information content (AvgIpc) is 2.39. The molecule has 0 saturated heterocycles. The topological polar surface area (TPSA) is 92.9 Å². The van der Waals surface area contributed by atoms with Crippen LogP contribution >= 0.6 is 0 Å². The highest BCUT2D eigenvalue weighted by Crippen LogP contribution is 2.23. The van der Waals surface area contributed by atoms with Gasteiger partial charge in [0.2, 0.25) is 0 Å². The van der Waals surface area contributed by atoms with Crippen LogP contribution < -0.4 is 4.74 Å². The van der Waals surface area contributed by atoms with Gasteiger partial charge in [-0.1, -0.05) is 0 Å². The Labute approximate surface area is 110 Å². The highest BCUT2D eigenvalue weighted by Gasteiger charge is 2.09. The summed E-state index contributed by atoms with van der Waals surface area (Å²) in [4.78, 5) is 0.194. The second-order valence-corrected chi connectivity index (χ2v) is 5.72. The van der Waals surface area contributed by atoms with E-state index in [9.17, 15) is 8.42 Å². The fourth-order valence-electron chi connectivity index (χ4n) is 1.35. The van der Waals surface area contributed by atoms with Gasteiger partial charge in [0.1, 0.15) is 17.4 Å². The number of nitrogens with zero attached hydrogens (tertiary/aromatic N) is 3. The van der Waals surface area contributed by atoms with Gasteiger partial charge >= 0.3 is 0 Å². The van der Waals surface area contributed by atoms with Gasteiger partial charge in [-0.05, 0) is 30.3 Å². The molecule has 0 fully saturated rings. The van der Waals surface area contributed by atoms with Crippen LogP contribution in [0.3, 0.4) is 0 Å². The molecule has 0 amide bonds. The lowest BCUT2D eigenvalue weighted by atomic mass is 10.3. The van der Waals surface area contributed by atoms with Crippen molar-refractivity contribution in [1.82, 2.24) is 10.2 Å². The third kappa shape index (κ3) is 3.05. The quantitative estimate of drug-likeness (QED) is 0.843. The minimum Gasteiger partial charge on any atom is -0.437 e. The zero-order chi connectivity index (χ0) is 13.9. The molecular weight excluding hydrogens is 266 g/mol. The van der Waals surface area contributed by atoms with Gasteiger partial charge in [0.15, 0.2) is 9.84 Å². The van der Waals surface area contributed by atoms with Crippen molar-refractivity contribution in [2.75, 3.05) is 6.26 Å². The second kappa shape index (κ2) is 5.04. The van der Waals surface area contributed by atoms with Crippen molar-refractivity contribution in [1.29, 1.82) is 5.26 Å². The molecule has 2 aromatic rings. The van der Waals surface area contributed by atoms with E-state index in [-0.39, 0.29) is 16.3 Å². The smallest absolute Gasteiger partial charge is 0.256 e. The van der Waals surface area contributed by atoms with Gasteiger partial charge < -0.3 is 4.74 Å². The summed E-state index contributed by atoms with van der Waals surface area (Å²) in [6.45, 7) is 0. The Hall–Kier alpha value is -2.46. The number of ether oxygens (including phenoxy) is 1. The molecule has 0 aliphatic carbocycles. The van der Waals surface area contributed by atoms with Crippen molar-refractivity contribution in [3.63, 3.8) is 0 Å². The number of hydrogen-bond acceptors (Lipinski definition) is 6. The van der Waals surface area contributed by atoms with E-state index in [1.54, 1.807) is 0 Å². The van der Waals surface area contributed by atoms with Crippen molar-refractivity contribution < 1.29 is 13.2 Å². The summed E-state index contributed by atoms with van der Waals surface area (Å²) in [5.41, 5.74) is 0.252. The maximum absolute atomic E-state index is 11.3. The molecule has 0 spiro atoms. The van der Waals surface area contributed by atoms with Crippen LogP contribution in [0.15, 0.2) is 41.4 Å². The zero-order valence-electron chi connectivity index (χ0n) is 9.94. The average molecular weight is 275 g/mol. The highest BCUT2D eigenvalue weighted by atomic mass is 32.2. The number of aromatic nitrogens is 2. The number of hydrogen-bond donors (Lipinski definition) is 0. The van der Waals surface area contributed by atoms with E-state index in [1.165, 1.54) is 36.5 Å². The monoisotopic (exact) mass is 275 g/mol. The van der Waals surface area contributed by atoms with Crippen LogP contribution in [0.2, 0.25) is 0 Å². The number of rotatable bonds is 3. The van der Waals surface area contributed by atoms with Crippen molar-refractivity contribution >= 4 is 9.84 Å². The highest BCUT2D eigenvalue weighted by molar-refractivity contribution is 7.90. The fourth-order valence-corrected chi connectivity index (χ4v) is 1.98. The molecule has 0 bridgehead atoms. The summed E-state index contributed by atoms with van der Waals surface area (Å²) < 4.78 is 28.0. The van der Waals surface area contributed by atoms with Crippen molar-refractivity contribution in [3.05, 3.63) is 42.1 Å². The molecule has 0 saturated carbocycles. The summed E-state index contributed by atoms with van der Waals surface area (Å²) in [5, 5.41) is 16.2. The molecule has 0 radical (unpaired) electrons. The predicted octanol–water partition coefficient (Wildman–Crippen LogP) is 1.54. The van der Waals surface area contributed by atoms with Gasteiger partial charge in [-0.25, -0.2) is 8.42 Å². The first kappa shape index (κ1) is 13.0. The van der Waals surface area contributed by atoms with E-state index < -0.39 is 9.84 Å². The molecule has 1 aromatic heterocycles. The Kier molecular flexibility index (Phi) is 3.44.